The lowest BCUT2D eigenvalue weighted by molar-refractivity contribution is 1.31. The third kappa shape index (κ3) is 3.61. The standard InChI is InChI=1S/C12H7Cl2N.C2H6/c13-10-7-8-15-12(14)11(10)9-5-3-1-2-4-6-9;1-2/h1,3-8H;1-2H3. The third-order valence-corrected chi connectivity index (χ3v) is 2.57. The van der Waals surface area contributed by atoms with Gasteiger partial charge in [-0.15, -0.1) is 5.73 Å². The van der Waals surface area contributed by atoms with E-state index in [-0.39, 0.29) is 0 Å². The van der Waals surface area contributed by atoms with Crippen LogP contribution < -0.4 is 0 Å². The minimum Gasteiger partial charge on any atom is -0.244 e. The van der Waals surface area contributed by atoms with E-state index < -0.39 is 0 Å². The molecule has 2 rings (SSSR count). The summed E-state index contributed by atoms with van der Waals surface area (Å²) in [5.41, 5.74) is 4.65. The molecular weight excluding hydrogens is 253 g/mol. The summed E-state index contributed by atoms with van der Waals surface area (Å²) in [7, 11) is 0. The molecule has 88 valence electrons. The van der Waals surface area contributed by atoms with Crippen molar-refractivity contribution in [1.82, 2.24) is 4.98 Å². The lowest BCUT2D eigenvalue weighted by Gasteiger charge is -2.05. The first-order valence-electron chi connectivity index (χ1n) is 5.39. The third-order valence-electron chi connectivity index (χ3n) is 1.97. The van der Waals surface area contributed by atoms with E-state index in [9.17, 15) is 0 Å². The van der Waals surface area contributed by atoms with Gasteiger partial charge in [0, 0.05) is 11.8 Å². The van der Waals surface area contributed by atoms with Gasteiger partial charge in [-0.2, -0.15) is 0 Å². The Bertz CT molecular complexity index is 487. The van der Waals surface area contributed by atoms with Gasteiger partial charge in [0.2, 0.25) is 0 Å². The van der Waals surface area contributed by atoms with Crippen molar-refractivity contribution < 1.29 is 0 Å². The number of halogens is 2. The zero-order valence-corrected chi connectivity index (χ0v) is 11.3. The van der Waals surface area contributed by atoms with Crippen molar-refractivity contribution in [3.05, 3.63) is 64.1 Å². The molecule has 0 fully saturated rings. The normalized spacial score (nSPS) is 12.6. The quantitative estimate of drug-likeness (QED) is 0.510. The molecule has 0 spiro atoms. The fourth-order valence-electron chi connectivity index (χ4n) is 1.29. The lowest BCUT2D eigenvalue weighted by Crippen LogP contribution is -1.87. The maximum absolute atomic E-state index is 6.07. The molecule has 3 heteroatoms. The zero-order valence-electron chi connectivity index (χ0n) is 9.74. The van der Waals surface area contributed by atoms with E-state index in [0.717, 1.165) is 11.1 Å². The molecule has 1 aromatic heterocycles. The maximum atomic E-state index is 6.07. The van der Waals surface area contributed by atoms with Crippen molar-refractivity contribution >= 4 is 28.8 Å². The molecule has 1 aliphatic carbocycles. The second-order valence-electron chi connectivity index (χ2n) is 2.94. The van der Waals surface area contributed by atoms with E-state index in [1.807, 2.05) is 44.2 Å². The average Bonchev–Trinajstić information content (AvgIpc) is 2.60. The summed E-state index contributed by atoms with van der Waals surface area (Å²) in [5.74, 6) is 0. The Labute approximate surface area is 112 Å². The van der Waals surface area contributed by atoms with Gasteiger partial charge in [0.05, 0.1) is 5.02 Å². The topological polar surface area (TPSA) is 12.9 Å². The fourth-order valence-corrected chi connectivity index (χ4v) is 1.87. The molecule has 0 bridgehead atoms. The van der Waals surface area contributed by atoms with Crippen LogP contribution in [0.25, 0.3) is 5.57 Å². The molecule has 0 aromatic carbocycles. The molecule has 1 aromatic rings. The van der Waals surface area contributed by atoms with Gasteiger partial charge in [0.1, 0.15) is 5.15 Å². The summed E-state index contributed by atoms with van der Waals surface area (Å²) < 4.78 is 0. The molecular formula is C14H13Cl2N. The minimum atomic E-state index is 0.411. The molecule has 0 atom stereocenters. The van der Waals surface area contributed by atoms with E-state index in [2.05, 4.69) is 10.7 Å². The van der Waals surface area contributed by atoms with Gasteiger partial charge >= 0.3 is 0 Å². The molecule has 1 heterocycles. The number of allylic oxidation sites excluding steroid dienone is 5. The molecule has 0 saturated carbocycles. The van der Waals surface area contributed by atoms with Crippen LogP contribution >= 0.6 is 23.2 Å². The summed E-state index contributed by atoms with van der Waals surface area (Å²) in [5, 5.41) is 1.01. The highest BCUT2D eigenvalue weighted by Crippen LogP contribution is 2.30. The lowest BCUT2D eigenvalue weighted by atomic mass is 10.1. The van der Waals surface area contributed by atoms with Gasteiger partial charge < -0.3 is 0 Å². The van der Waals surface area contributed by atoms with Crippen molar-refractivity contribution in [3.8, 4) is 0 Å². The first-order chi connectivity index (χ1) is 8.29. The Kier molecular flexibility index (Phi) is 5.79. The van der Waals surface area contributed by atoms with Crippen LogP contribution in [-0.4, -0.2) is 4.98 Å². The molecule has 17 heavy (non-hydrogen) atoms. The minimum absolute atomic E-state index is 0.411. The SMILES string of the molecule is CC.Clc1ccnc(Cl)c1C1=CC=C=CC=C1. The summed E-state index contributed by atoms with van der Waals surface area (Å²) in [6, 6.07) is 1.72. The van der Waals surface area contributed by atoms with E-state index in [0.29, 0.717) is 10.2 Å². The van der Waals surface area contributed by atoms with Gasteiger partial charge in [0.15, 0.2) is 0 Å². The average molecular weight is 266 g/mol. The van der Waals surface area contributed by atoms with Crippen molar-refractivity contribution in [2.24, 2.45) is 0 Å². The van der Waals surface area contributed by atoms with Crippen LogP contribution in [-0.2, 0) is 0 Å². The first-order valence-corrected chi connectivity index (χ1v) is 6.14. The van der Waals surface area contributed by atoms with Crippen molar-refractivity contribution in [3.63, 3.8) is 0 Å². The Hall–Kier alpha value is -1.27. The van der Waals surface area contributed by atoms with Crippen LogP contribution in [0.1, 0.15) is 19.4 Å². The van der Waals surface area contributed by atoms with E-state index in [4.69, 9.17) is 23.2 Å². The Morgan fingerprint density at radius 3 is 2.65 bits per heavy atom. The van der Waals surface area contributed by atoms with Crippen molar-refractivity contribution in [1.29, 1.82) is 0 Å². The number of nitrogens with zero attached hydrogens (tertiary/aromatic N) is 1. The zero-order chi connectivity index (χ0) is 12.7. The highest BCUT2D eigenvalue weighted by Gasteiger charge is 2.09. The molecule has 0 saturated heterocycles. The molecule has 0 aliphatic heterocycles. The van der Waals surface area contributed by atoms with Crippen LogP contribution in [0, 0.1) is 0 Å². The fraction of sp³-hybridized carbons (Fsp3) is 0.143. The van der Waals surface area contributed by atoms with Crippen molar-refractivity contribution in [2.45, 2.75) is 13.8 Å². The highest BCUT2D eigenvalue weighted by molar-refractivity contribution is 6.37. The molecule has 0 N–H and O–H groups in total. The summed E-state index contributed by atoms with van der Waals surface area (Å²) in [4.78, 5) is 4.01. The largest absolute Gasteiger partial charge is 0.244 e. The molecule has 1 aliphatic rings. The van der Waals surface area contributed by atoms with Crippen LogP contribution in [0.2, 0.25) is 10.2 Å². The van der Waals surface area contributed by atoms with Gasteiger partial charge in [-0.1, -0.05) is 49.2 Å². The molecule has 0 radical (unpaired) electrons. The summed E-state index contributed by atoms with van der Waals surface area (Å²) >= 11 is 12.1. The second-order valence-corrected chi connectivity index (χ2v) is 3.70. The first kappa shape index (κ1) is 13.8. The molecule has 0 amide bonds. The summed E-state index contributed by atoms with van der Waals surface area (Å²) in [6.45, 7) is 4.00. The van der Waals surface area contributed by atoms with E-state index in [1.165, 1.54) is 0 Å². The Balaban J connectivity index is 0.000000686. The second kappa shape index (κ2) is 7.13. The molecule has 1 nitrogen and oxygen atoms in total. The Morgan fingerprint density at radius 1 is 1.18 bits per heavy atom. The molecule has 0 unspecified atom stereocenters. The van der Waals surface area contributed by atoms with Gasteiger partial charge in [-0.05, 0) is 29.9 Å². The predicted molar refractivity (Wildman–Crippen MR) is 75.4 cm³/mol. The number of pyridine rings is 1. The van der Waals surface area contributed by atoms with Crippen LogP contribution in [0.3, 0.4) is 0 Å². The van der Waals surface area contributed by atoms with E-state index >= 15 is 0 Å². The maximum Gasteiger partial charge on any atom is 0.138 e. The number of hydrogen-bond acceptors (Lipinski definition) is 1. The van der Waals surface area contributed by atoms with Crippen LogP contribution in [0.4, 0.5) is 0 Å². The highest BCUT2D eigenvalue weighted by atomic mass is 35.5. The van der Waals surface area contributed by atoms with Crippen molar-refractivity contribution in [2.75, 3.05) is 0 Å². The number of aromatic nitrogens is 1. The summed E-state index contributed by atoms with van der Waals surface area (Å²) in [6.07, 6.45) is 10.9. The van der Waals surface area contributed by atoms with E-state index in [1.54, 1.807) is 12.3 Å². The monoisotopic (exact) mass is 265 g/mol. The van der Waals surface area contributed by atoms with Gasteiger partial charge in [-0.3, -0.25) is 0 Å². The van der Waals surface area contributed by atoms with Crippen LogP contribution in [0.15, 0.2) is 48.4 Å². The van der Waals surface area contributed by atoms with Crippen LogP contribution in [0.5, 0.6) is 0 Å². The van der Waals surface area contributed by atoms with Gasteiger partial charge in [-0.25, -0.2) is 4.98 Å². The van der Waals surface area contributed by atoms with Gasteiger partial charge in [0.25, 0.3) is 0 Å². The number of rotatable bonds is 1. The smallest absolute Gasteiger partial charge is 0.138 e. The number of hydrogen-bond donors (Lipinski definition) is 0. The predicted octanol–water partition coefficient (Wildman–Crippen LogP) is 5.08. The Morgan fingerprint density at radius 2 is 1.94 bits per heavy atom.